The van der Waals surface area contributed by atoms with Gasteiger partial charge in [0.05, 0.1) is 10.8 Å². The number of aryl methyl sites for hydroxylation is 1. The zero-order chi connectivity index (χ0) is 27.9. The minimum atomic E-state index is -0.316. The van der Waals surface area contributed by atoms with Gasteiger partial charge >= 0.3 is 0 Å². The summed E-state index contributed by atoms with van der Waals surface area (Å²) in [5, 5.41) is 4.84. The summed E-state index contributed by atoms with van der Waals surface area (Å²) in [6.07, 6.45) is 1.66. The highest BCUT2D eigenvalue weighted by molar-refractivity contribution is 8.19. The maximum absolute atomic E-state index is 12.3. The first-order valence-electron chi connectivity index (χ1n) is 12.9. The van der Waals surface area contributed by atoms with Crippen LogP contribution in [0.25, 0.3) is 5.69 Å². The number of rotatable bonds is 10. The van der Waals surface area contributed by atoms with Gasteiger partial charge in [-0.05, 0) is 67.9 Å². The van der Waals surface area contributed by atoms with Crippen molar-refractivity contribution in [2.45, 2.75) is 25.0 Å². The molecule has 0 unspecified atom stereocenters. The molecule has 40 heavy (non-hydrogen) atoms. The lowest BCUT2D eigenvalue weighted by atomic mass is 10.2. The molecule has 1 aliphatic rings. The summed E-state index contributed by atoms with van der Waals surface area (Å²) in [6, 6.07) is 25.6. The van der Waals surface area contributed by atoms with Crippen molar-refractivity contribution in [3.8, 4) is 17.2 Å². The molecule has 0 atom stereocenters. The SMILES string of the molecule is Cc1cc(/C=N\NC(=O)COc2ccc(C3SCCS3)cc2)c(C)n1-c1ccc(OCc2ccccc2Cl)cc1. The molecule has 0 bridgehead atoms. The van der Waals surface area contributed by atoms with Gasteiger partial charge in [-0.2, -0.15) is 5.10 Å². The van der Waals surface area contributed by atoms with Gasteiger partial charge in [0.2, 0.25) is 0 Å². The van der Waals surface area contributed by atoms with Gasteiger partial charge < -0.3 is 14.0 Å². The molecule has 0 saturated carbocycles. The number of carbonyl (C=O) groups is 1. The van der Waals surface area contributed by atoms with E-state index in [1.165, 1.54) is 17.1 Å². The smallest absolute Gasteiger partial charge is 0.277 e. The molecule has 2 heterocycles. The Labute approximate surface area is 248 Å². The molecule has 0 spiro atoms. The molecule has 1 aromatic heterocycles. The van der Waals surface area contributed by atoms with Crippen LogP contribution >= 0.6 is 35.1 Å². The second kappa shape index (κ2) is 13.4. The zero-order valence-electron chi connectivity index (χ0n) is 22.3. The molecular formula is C31H30ClN3O3S2. The largest absolute Gasteiger partial charge is 0.489 e. The third-order valence-electron chi connectivity index (χ3n) is 6.45. The molecule has 9 heteroatoms. The summed E-state index contributed by atoms with van der Waals surface area (Å²) in [5.41, 5.74) is 8.76. The number of hydrogen-bond donors (Lipinski definition) is 1. The minimum absolute atomic E-state index is 0.104. The number of thioether (sulfide) groups is 2. The number of carbonyl (C=O) groups excluding carboxylic acids is 1. The first-order valence-corrected chi connectivity index (χ1v) is 15.4. The van der Waals surface area contributed by atoms with Gasteiger partial charge in [0.15, 0.2) is 6.61 Å². The van der Waals surface area contributed by atoms with Crippen LogP contribution in [0.15, 0.2) is 84.0 Å². The third-order valence-corrected chi connectivity index (χ3v) is 9.93. The summed E-state index contributed by atoms with van der Waals surface area (Å²) < 4.78 is 14.2. The molecule has 0 radical (unpaired) electrons. The number of ether oxygens (including phenoxy) is 2. The number of amides is 1. The highest BCUT2D eigenvalue weighted by Crippen LogP contribution is 2.45. The Kier molecular flexibility index (Phi) is 9.41. The first-order chi connectivity index (χ1) is 19.5. The van der Waals surface area contributed by atoms with E-state index in [0.717, 1.165) is 34.0 Å². The molecule has 1 N–H and O–H groups in total. The molecule has 1 saturated heterocycles. The van der Waals surface area contributed by atoms with Crippen molar-refractivity contribution in [2.24, 2.45) is 5.10 Å². The fourth-order valence-corrected chi connectivity index (χ4v) is 7.46. The highest BCUT2D eigenvalue weighted by atomic mass is 35.5. The predicted octanol–water partition coefficient (Wildman–Crippen LogP) is 7.33. The minimum Gasteiger partial charge on any atom is -0.489 e. The van der Waals surface area contributed by atoms with E-state index in [2.05, 4.69) is 27.2 Å². The Hall–Kier alpha value is -3.33. The summed E-state index contributed by atoms with van der Waals surface area (Å²) in [5.74, 6) is 3.49. The van der Waals surface area contributed by atoms with Gasteiger partial charge in [0.25, 0.3) is 5.91 Å². The van der Waals surface area contributed by atoms with Crippen molar-refractivity contribution in [1.82, 2.24) is 9.99 Å². The van der Waals surface area contributed by atoms with E-state index in [1.54, 1.807) is 6.21 Å². The van der Waals surface area contributed by atoms with Crippen LogP contribution in [0.4, 0.5) is 0 Å². The second-order valence-corrected chi connectivity index (χ2v) is 12.4. The number of hydrogen-bond acceptors (Lipinski definition) is 6. The monoisotopic (exact) mass is 591 g/mol. The molecule has 4 aromatic rings. The lowest BCUT2D eigenvalue weighted by molar-refractivity contribution is -0.123. The van der Waals surface area contributed by atoms with Crippen molar-refractivity contribution in [3.05, 3.63) is 112 Å². The highest BCUT2D eigenvalue weighted by Gasteiger charge is 2.18. The van der Waals surface area contributed by atoms with Crippen molar-refractivity contribution in [2.75, 3.05) is 18.1 Å². The van der Waals surface area contributed by atoms with Gasteiger partial charge in [-0.3, -0.25) is 4.79 Å². The average Bonchev–Trinajstić information content (AvgIpc) is 3.60. The normalized spacial score (nSPS) is 13.6. The number of halogens is 1. The average molecular weight is 592 g/mol. The Morgan fingerprint density at radius 2 is 1.68 bits per heavy atom. The van der Waals surface area contributed by atoms with Crippen molar-refractivity contribution in [1.29, 1.82) is 0 Å². The van der Waals surface area contributed by atoms with Gasteiger partial charge in [-0.25, -0.2) is 5.43 Å². The molecule has 1 fully saturated rings. The van der Waals surface area contributed by atoms with Crippen LogP contribution in [0.5, 0.6) is 11.5 Å². The summed E-state index contributed by atoms with van der Waals surface area (Å²) in [7, 11) is 0. The van der Waals surface area contributed by atoms with E-state index in [0.29, 0.717) is 22.0 Å². The molecule has 206 valence electrons. The van der Waals surface area contributed by atoms with Crippen LogP contribution in [-0.4, -0.2) is 34.8 Å². The summed E-state index contributed by atoms with van der Waals surface area (Å²) in [4.78, 5) is 12.3. The standard InChI is InChI=1S/C31H30ClN3O3S2/c1-21-17-25(18-33-34-30(36)20-38-27-11-7-23(8-12-27)31-39-15-16-40-31)22(2)35(21)26-9-13-28(14-10-26)37-19-24-5-3-4-6-29(24)32/h3-14,17-18,31H,15-16,19-20H2,1-2H3,(H,34,36)/b33-18-. The predicted molar refractivity (Wildman–Crippen MR) is 166 cm³/mol. The van der Waals surface area contributed by atoms with Crippen molar-refractivity contribution >= 4 is 47.2 Å². The molecule has 1 aliphatic heterocycles. The fraction of sp³-hybridized carbons (Fsp3) is 0.226. The van der Waals surface area contributed by atoms with Crippen molar-refractivity contribution < 1.29 is 14.3 Å². The van der Waals surface area contributed by atoms with E-state index in [9.17, 15) is 4.79 Å². The van der Waals surface area contributed by atoms with Crippen LogP contribution in [0, 0.1) is 13.8 Å². The van der Waals surface area contributed by atoms with Crippen molar-refractivity contribution in [3.63, 3.8) is 0 Å². The van der Waals surface area contributed by atoms with Gasteiger partial charge in [0, 0.05) is 44.7 Å². The van der Waals surface area contributed by atoms with E-state index in [1.807, 2.05) is 104 Å². The number of nitrogens with one attached hydrogen (secondary N) is 1. The molecule has 1 amide bonds. The molecule has 6 nitrogen and oxygen atoms in total. The topological polar surface area (TPSA) is 64.8 Å². The summed E-state index contributed by atoms with van der Waals surface area (Å²) >= 11 is 10.2. The maximum atomic E-state index is 12.3. The maximum Gasteiger partial charge on any atom is 0.277 e. The van der Waals surface area contributed by atoms with E-state index >= 15 is 0 Å². The number of nitrogens with zero attached hydrogens (tertiary/aromatic N) is 2. The Bertz CT molecular complexity index is 1480. The second-order valence-electron chi connectivity index (χ2n) is 9.26. The van der Waals surface area contributed by atoms with E-state index in [-0.39, 0.29) is 12.5 Å². The summed E-state index contributed by atoms with van der Waals surface area (Å²) in [6.45, 7) is 4.36. The lowest BCUT2D eigenvalue weighted by Crippen LogP contribution is -2.24. The van der Waals surface area contributed by atoms with Gasteiger partial charge in [0.1, 0.15) is 18.1 Å². The van der Waals surface area contributed by atoms with Crippen LogP contribution in [0.2, 0.25) is 5.02 Å². The molecule has 3 aromatic carbocycles. The molecular weight excluding hydrogens is 562 g/mol. The van der Waals surface area contributed by atoms with Crippen LogP contribution < -0.4 is 14.9 Å². The van der Waals surface area contributed by atoms with Gasteiger partial charge in [-0.1, -0.05) is 41.9 Å². The Morgan fingerprint density at radius 3 is 2.40 bits per heavy atom. The number of aromatic nitrogens is 1. The first kappa shape index (κ1) is 28.2. The Balaban J connectivity index is 1.13. The molecule has 0 aliphatic carbocycles. The quantitative estimate of drug-likeness (QED) is 0.154. The Morgan fingerprint density at radius 1 is 1.00 bits per heavy atom. The van der Waals surface area contributed by atoms with Crippen LogP contribution in [0.1, 0.15) is 32.7 Å². The number of hydrazone groups is 1. The van der Waals surface area contributed by atoms with Crippen LogP contribution in [-0.2, 0) is 11.4 Å². The van der Waals surface area contributed by atoms with Crippen LogP contribution in [0.3, 0.4) is 0 Å². The van der Waals surface area contributed by atoms with E-state index in [4.69, 9.17) is 21.1 Å². The van der Waals surface area contributed by atoms with Gasteiger partial charge in [-0.15, -0.1) is 23.5 Å². The zero-order valence-corrected chi connectivity index (χ0v) is 24.7. The third kappa shape index (κ3) is 7.05. The number of benzene rings is 3. The fourth-order valence-electron chi connectivity index (χ4n) is 4.41. The van der Waals surface area contributed by atoms with E-state index < -0.39 is 0 Å². The lowest BCUT2D eigenvalue weighted by Gasteiger charge is -2.12. The molecule has 5 rings (SSSR count).